The standard InChI is InChI=1S/C14H9Br2F2N3.C2H6/c1-7-2-9(15)10(17)3-8(7)4-11-14-19-5-13(18)21(14)6-12(16)20-11;1-2/h2-3,5-6H,4H2,1H3;1-2H3. The van der Waals surface area contributed by atoms with Crippen molar-refractivity contribution in [3.05, 3.63) is 62.2 Å². The van der Waals surface area contributed by atoms with Crippen LogP contribution in [0.2, 0.25) is 0 Å². The van der Waals surface area contributed by atoms with E-state index in [4.69, 9.17) is 0 Å². The zero-order valence-corrected chi connectivity index (χ0v) is 16.0. The average molecular weight is 447 g/mol. The van der Waals surface area contributed by atoms with Crippen LogP contribution >= 0.6 is 31.9 Å². The molecule has 0 fully saturated rings. The minimum Gasteiger partial charge on any atom is -0.272 e. The Hall–Kier alpha value is -1.34. The van der Waals surface area contributed by atoms with Crippen LogP contribution in [0.4, 0.5) is 8.78 Å². The minimum absolute atomic E-state index is 0.337. The number of aryl methyl sites for hydroxylation is 1. The van der Waals surface area contributed by atoms with E-state index in [0.717, 1.165) is 17.3 Å². The number of benzene rings is 1. The molecule has 1 aromatic carbocycles. The maximum atomic E-state index is 13.7. The van der Waals surface area contributed by atoms with Gasteiger partial charge in [-0.05, 0) is 62.0 Å². The molecule has 2 heterocycles. The van der Waals surface area contributed by atoms with Gasteiger partial charge in [-0.3, -0.25) is 4.40 Å². The summed E-state index contributed by atoms with van der Waals surface area (Å²) in [5, 5.41) is 0. The van der Waals surface area contributed by atoms with Crippen LogP contribution in [0.3, 0.4) is 0 Å². The van der Waals surface area contributed by atoms with Gasteiger partial charge in [0.2, 0.25) is 5.95 Å². The molecule has 0 N–H and O–H groups in total. The molecule has 3 aromatic rings. The number of aromatic nitrogens is 3. The Bertz CT molecular complexity index is 847. The maximum absolute atomic E-state index is 13.7. The first-order chi connectivity index (χ1) is 11.0. The minimum atomic E-state index is -0.465. The fourth-order valence-corrected chi connectivity index (χ4v) is 3.04. The third-order valence-corrected chi connectivity index (χ3v) is 4.21. The van der Waals surface area contributed by atoms with E-state index in [0.29, 0.717) is 26.8 Å². The largest absolute Gasteiger partial charge is 0.272 e. The summed E-state index contributed by atoms with van der Waals surface area (Å²) < 4.78 is 29.6. The van der Waals surface area contributed by atoms with E-state index in [2.05, 4.69) is 41.8 Å². The summed E-state index contributed by atoms with van der Waals surface area (Å²) in [6.07, 6.45) is 3.02. The lowest BCUT2D eigenvalue weighted by molar-refractivity contribution is 0.571. The van der Waals surface area contributed by atoms with Crippen molar-refractivity contribution in [3.63, 3.8) is 0 Å². The summed E-state index contributed by atoms with van der Waals surface area (Å²) in [4.78, 5) is 8.36. The maximum Gasteiger partial charge on any atom is 0.218 e. The topological polar surface area (TPSA) is 30.2 Å². The molecule has 0 radical (unpaired) electrons. The summed E-state index contributed by atoms with van der Waals surface area (Å²) >= 11 is 6.41. The predicted molar refractivity (Wildman–Crippen MR) is 93.6 cm³/mol. The van der Waals surface area contributed by atoms with Crippen LogP contribution in [-0.2, 0) is 6.42 Å². The second kappa shape index (κ2) is 7.49. The Kier molecular flexibility index (Phi) is 5.86. The normalized spacial score (nSPS) is 10.6. The molecular formula is C16H15Br2F2N3. The van der Waals surface area contributed by atoms with Crippen LogP contribution < -0.4 is 0 Å². The Labute approximate surface area is 150 Å². The first-order valence-electron chi connectivity index (χ1n) is 7.08. The van der Waals surface area contributed by atoms with Crippen LogP contribution in [0.15, 0.2) is 33.6 Å². The summed E-state index contributed by atoms with van der Waals surface area (Å²) in [6, 6.07) is 3.17. The molecule has 0 saturated heterocycles. The van der Waals surface area contributed by atoms with E-state index in [1.807, 2.05) is 20.8 Å². The molecule has 0 amide bonds. The Morgan fingerprint density at radius 3 is 2.57 bits per heavy atom. The summed E-state index contributed by atoms with van der Waals surface area (Å²) in [5.41, 5.74) is 2.72. The molecule has 3 rings (SSSR count). The van der Waals surface area contributed by atoms with Crippen molar-refractivity contribution in [3.8, 4) is 0 Å². The zero-order chi connectivity index (χ0) is 17.1. The lowest BCUT2D eigenvalue weighted by atomic mass is 10.0. The van der Waals surface area contributed by atoms with Crippen molar-refractivity contribution in [1.29, 1.82) is 0 Å². The monoisotopic (exact) mass is 445 g/mol. The number of imidazole rings is 1. The summed E-state index contributed by atoms with van der Waals surface area (Å²) in [7, 11) is 0. The molecule has 0 bridgehead atoms. The van der Waals surface area contributed by atoms with Gasteiger partial charge in [-0.2, -0.15) is 4.39 Å². The highest BCUT2D eigenvalue weighted by atomic mass is 79.9. The molecule has 0 aliphatic carbocycles. The third-order valence-electron chi connectivity index (χ3n) is 3.22. The van der Waals surface area contributed by atoms with Gasteiger partial charge in [0.15, 0.2) is 5.65 Å². The number of nitrogens with zero attached hydrogens (tertiary/aromatic N) is 3. The van der Waals surface area contributed by atoms with Crippen molar-refractivity contribution < 1.29 is 8.78 Å². The summed E-state index contributed by atoms with van der Waals surface area (Å²) in [6.45, 7) is 5.89. The van der Waals surface area contributed by atoms with E-state index in [1.54, 1.807) is 6.07 Å². The molecule has 0 atom stereocenters. The molecule has 0 aliphatic heterocycles. The van der Waals surface area contributed by atoms with Gasteiger partial charge >= 0.3 is 0 Å². The van der Waals surface area contributed by atoms with E-state index in [1.165, 1.54) is 16.7 Å². The molecule has 2 aromatic heterocycles. The van der Waals surface area contributed by atoms with Crippen LogP contribution in [0.5, 0.6) is 0 Å². The van der Waals surface area contributed by atoms with Crippen LogP contribution in [0.1, 0.15) is 30.7 Å². The SMILES string of the molecule is CC.Cc1cc(Br)c(F)cc1Cc1nc(Br)cn2c(F)cnc12. The molecule has 3 nitrogen and oxygen atoms in total. The second-order valence-electron chi connectivity index (χ2n) is 4.65. The van der Waals surface area contributed by atoms with Crippen molar-refractivity contribution in [2.45, 2.75) is 27.2 Å². The smallest absolute Gasteiger partial charge is 0.218 e. The molecular weight excluding hydrogens is 432 g/mol. The van der Waals surface area contributed by atoms with Gasteiger partial charge < -0.3 is 0 Å². The van der Waals surface area contributed by atoms with Gasteiger partial charge in [-0.1, -0.05) is 13.8 Å². The fourth-order valence-electron chi connectivity index (χ4n) is 2.17. The average Bonchev–Trinajstić information content (AvgIpc) is 2.88. The summed E-state index contributed by atoms with van der Waals surface area (Å²) in [5.74, 6) is -0.802. The zero-order valence-electron chi connectivity index (χ0n) is 12.9. The van der Waals surface area contributed by atoms with Crippen LogP contribution in [0, 0.1) is 18.7 Å². The van der Waals surface area contributed by atoms with Crippen LogP contribution in [0.25, 0.3) is 5.65 Å². The van der Waals surface area contributed by atoms with E-state index < -0.39 is 5.95 Å². The highest BCUT2D eigenvalue weighted by Crippen LogP contribution is 2.24. The van der Waals surface area contributed by atoms with Crippen LogP contribution in [-0.4, -0.2) is 14.4 Å². The molecule has 0 spiro atoms. The lowest BCUT2D eigenvalue weighted by Gasteiger charge is -2.09. The van der Waals surface area contributed by atoms with Crippen molar-refractivity contribution in [2.75, 3.05) is 0 Å². The first-order valence-corrected chi connectivity index (χ1v) is 8.67. The molecule has 0 aliphatic rings. The van der Waals surface area contributed by atoms with E-state index >= 15 is 0 Å². The predicted octanol–water partition coefficient (Wildman–Crippen LogP) is 5.46. The fraction of sp³-hybridized carbons (Fsp3) is 0.250. The molecule has 0 unspecified atom stereocenters. The van der Waals surface area contributed by atoms with Gasteiger partial charge in [0.25, 0.3) is 0 Å². The Morgan fingerprint density at radius 2 is 1.87 bits per heavy atom. The number of rotatable bonds is 2. The Balaban J connectivity index is 0.000000924. The van der Waals surface area contributed by atoms with Crippen molar-refractivity contribution in [2.24, 2.45) is 0 Å². The number of halogens is 4. The van der Waals surface area contributed by atoms with Gasteiger partial charge in [0, 0.05) is 12.6 Å². The molecule has 122 valence electrons. The lowest BCUT2D eigenvalue weighted by Crippen LogP contribution is -2.02. The molecule has 7 heteroatoms. The number of fused-ring (bicyclic) bond motifs is 1. The first kappa shape index (κ1) is 18.0. The highest BCUT2D eigenvalue weighted by molar-refractivity contribution is 9.10. The second-order valence-corrected chi connectivity index (χ2v) is 6.32. The van der Waals surface area contributed by atoms with Gasteiger partial charge in [-0.25, -0.2) is 14.4 Å². The van der Waals surface area contributed by atoms with Gasteiger partial charge in [0.1, 0.15) is 10.4 Å². The van der Waals surface area contributed by atoms with Gasteiger partial charge in [-0.15, -0.1) is 0 Å². The molecule has 0 saturated carbocycles. The van der Waals surface area contributed by atoms with Gasteiger partial charge in [0.05, 0.1) is 16.4 Å². The van der Waals surface area contributed by atoms with E-state index in [9.17, 15) is 8.78 Å². The third kappa shape index (κ3) is 3.77. The Morgan fingerprint density at radius 1 is 1.17 bits per heavy atom. The number of hydrogen-bond acceptors (Lipinski definition) is 2. The molecule has 23 heavy (non-hydrogen) atoms. The van der Waals surface area contributed by atoms with Crippen molar-refractivity contribution in [1.82, 2.24) is 14.4 Å². The quantitative estimate of drug-likeness (QED) is 0.523. The van der Waals surface area contributed by atoms with Crippen molar-refractivity contribution >= 4 is 37.5 Å². The van der Waals surface area contributed by atoms with E-state index in [-0.39, 0.29) is 5.82 Å². The highest BCUT2D eigenvalue weighted by Gasteiger charge is 2.13. The number of hydrogen-bond donors (Lipinski definition) is 0.